The van der Waals surface area contributed by atoms with E-state index in [1.807, 2.05) is 12.1 Å². The number of aliphatic imine (C=N–C) groups is 1. The molecule has 0 saturated carbocycles. The molecule has 0 unspecified atom stereocenters. The Kier molecular flexibility index (Phi) is 6.59. The van der Waals surface area contributed by atoms with E-state index in [-0.39, 0.29) is 5.75 Å². The van der Waals surface area contributed by atoms with Crippen molar-refractivity contribution in [2.45, 2.75) is 6.54 Å². The molecule has 1 aliphatic rings. The van der Waals surface area contributed by atoms with Gasteiger partial charge in [-0.3, -0.25) is 4.99 Å². The second-order valence-corrected chi connectivity index (χ2v) is 8.07. The third kappa shape index (κ3) is 5.22. The summed E-state index contributed by atoms with van der Waals surface area (Å²) in [6.45, 7) is 2.05. The van der Waals surface area contributed by atoms with Crippen LogP contribution < -0.4 is 10.6 Å². The van der Waals surface area contributed by atoms with Crippen molar-refractivity contribution < 1.29 is 12.8 Å². The Balaban J connectivity index is 1.73. The molecule has 0 aromatic carbocycles. The molecule has 7 nitrogen and oxygen atoms in total. The molecule has 1 aliphatic heterocycles. The summed E-state index contributed by atoms with van der Waals surface area (Å²) in [5.74, 6) is 3.17. The van der Waals surface area contributed by atoms with E-state index in [4.69, 9.17) is 4.42 Å². The van der Waals surface area contributed by atoms with Gasteiger partial charge in [0, 0.05) is 38.2 Å². The van der Waals surface area contributed by atoms with Crippen molar-refractivity contribution in [2.75, 3.05) is 43.9 Å². The van der Waals surface area contributed by atoms with E-state index in [1.165, 1.54) is 0 Å². The molecule has 2 N–H and O–H groups in total. The molecule has 2 rings (SSSR count). The molecule has 1 saturated heterocycles. The first-order valence-corrected chi connectivity index (χ1v) is 9.90. The van der Waals surface area contributed by atoms with Gasteiger partial charge >= 0.3 is 0 Å². The van der Waals surface area contributed by atoms with Crippen LogP contribution in [0.3, 0.4) is 0 Å². The minimum absolute atomic E-state index is 0.0686. The highest BCUT2D eigenvalue weighted by atomic mass is 32.2. The standard InChI is InChI=1S/C13H22N4O3S2/c1-14-13(16-11-12-3-2-7-20-12)15-4-10-22(18,19)17-5-8-21-9-6-17/h2-3,7H,4-6,8-11H2,1H3,(H2,14,15,16). The van der Waals surface area contributed by atoms with Crippen LogP contribution in [-0.2, 0) is 16.6 Å². The summed E-state index contributed by atoms with van der Waals surface area (Å²) >= 11 is 1.79. The van der Waals surface area contributed by atoms with Gasteiger partial charge in [-0.25, -0.2) is 12.7 Å². The predicted octanol–water partition coefficient (Wildman–Crippen LogP) is 0.323. The fourth-order valence-corrected chi connectivity index (χ4v) is 4.55. The molecular weight excluding hydrogens is 324 g/mol. The molecule has 0 bridgehead atoms. The zero-order valence-electron chi connectivity index (χ0n) is 12.6. The third-order valence-corrected chi connectivity index (χ3v) is 6.06. The first-order chi connectivity index (χ1) is 10.6. The lowest BCUT2D eigenvalue weighted by atomic mass is 10.4. The summed E-state index contributed by atoms with van der Waals surface area (Å²) in [4.78, 5) is 4.06. The molecule has 1 aromatic rings. The van der Waals surface area contributed by atoms with E-state index >= 15 is 0 Å². The Bertz CT molecular complexity index is 566. The second-order valence-electron chi connectivity index (χ2n) is 4.76. The highest BCUT2D eigenvalue weighted by Gasteiger charge is 2.23. The Hall–Kier alpha value is -1.19. The number of hydrogen-bond acceptors (Lipinski definition) is 5. The van der Waals surface area contributed by atoms with E-state index in [1.54, 1.807) is 29.4 Å². The largest absolute Gasteiger partial charge is 0.467 e. The highest BCUT2D eigenvalue weighted by Crippen LogP contribution is 2.12. The number of rotatable bonds is 6. The van der Waals surface area contributed by atoms with Crippen LogP contribution in [0.15, 0.2) is 27.8 Å². The van der Waals surface area contributed by atoms with Gasteiger partial charge in [0.1, 0.15) is 5.76 Å². The zero-order valence-corrected chi connectivity index (χ0v) is 14.3. The Morgan fingerprint density at radius 2 is 2.18 bits per heavy atom. The molecule has 124 valence electrons. The summed E-state index contributed by atoms with van der Waals surface area (Å²) in [6, 6.07) is 3.68. The maximum absolute atomic E-state index is 12.2. The number of thioether (sulfide) groups is 1. The van der Waals surface area contributed by atoms with Gasteiger partial charge in [-0.05, 0) is 12.1 Å². The third-order valence-electron chi connectivity index (χ3n) is 3.25. The molecule has 9 heteroatoms. The second kappa shape index (κ2) is 8.44. The zero-order chi connectivity index (χ0) is 15.8. The summed E-state index contributed by atoms with van der Waals surface area (Å²) in [5.41, 5.74) is 0. The molecule has 1 fully saturated rings. The molecule has 22 heavy (non-hydrogen) atoms. The topological polar surface area (TPSA) is 86.9 Å². The maximum atomic E-state index is 12.2. The lowest BCUT2D eigenvalue weighted by molar-refractivity contribution is 0.443. The normalized spacial score (nSPS) is 17.4. The van der Waals surface area contributed by atoms with Crippen LogP contribution in [0.4, 0.5) is 0 Å². The van der Waals surface area contributed by atoms with Crippen LogP contribution in [0.25, 0.3) is 0 Å². The number of sulfonamides is 1. The summed E-state index contributed by atoms with van der Waals surface area (Å²) < 4.78 is 31.2. The van der Waals surface area contributed by atoms with Crippen LogP contribution in [0, 0.1) is 0 Å². The first kappa shape index (κ1) is 17.2. The van der Waals surface area contributed by atoms with Crippen molar-refractivity contribution in [3.05, 3.63) is 24.2 Å². The van der Waals surface area contributed by atoms with Crippen LogP contribution in [0.1, 0.15) is 5.76 Å². The van der Waals surface area contributed by atoms with Crippen LogP contribution in [-0.4, -0.2) is 62.6 Å². The van der Waals surface area contributed by atoms with Gasteiger partial charge in [0.25, 0.3) is 0 Å². The summed E-state index contributed by atoms with van der Waals surface area (Å²) in [5, 5.41) is 6.08. The molecule has 0 aliphatic carbocycles. The van der Waals surface area contributed by atoms with Gasteiger partial charge in [-0.15, -0.1) is 0 Å². The molecule has 1 aromatic heterocycles. The minimum atomic E-state index is -3.19. The molecule has 2 heterocycles. The molecule has 0 atom stereocenters. The van der Waals surface area contributed by atoms with Gasteiger partial charge < -0.3 is 15.1 Å². The number of nitrogens with one attached hydrogen (secondary N) is 2. The fraction of sp³-hybridized carbons (Fsp3) is 0.615. The van der Waals surface area contributed by atoms with Crippen LogP contribution in [0.5, 0.6) is 0 Å². The molecule has 0 spiro atoms. The van der Waals surface area contributed by atoms with Crippen molar-refractivity contribution in [1.29, 1.82) is 0 Å². The minimum Gasteiger partial charge on any atom is -0.467 e. The molecule has 0 amide bonds. The number of nitrogens with zero attached hydrogens (tertiary/aromatic N) is 2. The van der Waals surface area contributed by atoms with E-state index < -0.39 is 10.0 Å². The highest BCUT2D eigenvalue weighted by molar-refractivity contribution is 7.99. The average molecular weight is 346 g/mol. The monoisotopic (exact) mass is 346 g/mol. The van der Waals surface area contributed by atoms with Crippen molar-refractivity contribution >= 4 is 27.7 Å². The molecule has 0 radical (unpaired) electrons. The van der Waals surface area contributed by atoms with Crippen LogP contribution >= 0.6 is 11.8 Å². The molecular formula is C13H22N4O3S2. The quantitative estimate of drug-likeness (QED) is 0.570. The first-order valence-electron chi connectivity index (χ1n) is 7.14. The van der Waals surface area contributed by atoms with Gasteiger partial charge in [0.05, 0.1) is 18.6 Å². The van der Waals surface area contributed by atoms with Crippen LogP contribution in [0.2, 0.25) is 0 Å². The van der Waals surface area contributed by atoms with E-state index in [0.717, 1.165) is 17.3 Å². The number of furan rings is 1. The van der Waals surface area contributed by atoms with Gasteiger partial charge in [-0.1, -0.05) is 0 Å². The number of guanidine groups is 1. The van der Waals surface area contributed by atoms with Crippen molar-refractivity contribution in [1.82, 2.24) is 14.9 Å². The predicted molar refractivity (Wildman–Crippen MR) is 89.6 cm³/mol. The Morgan fingerprint density at radius 3 is 2.82 bits per heavy atom. The van der Waals surface area contributed by atoms with Crippen molar-refractivity contribution in [3.63, 3.8) is 0 Å². The van der Waals surface area contributed by atoms with Gasteiger partial charge in [0.2, 0.25) is 10.0 Å². The lowest BCUT2D eigenvalue weighted by Gasteiger charge is -2.25. The van der Waals surface area contributed by atoms with Gasteiger partial charge in [0.15, 0.2) is 5.96 Å². The van der Waals surface area contributed by atoms with E-state index in [0.29, 0.717) is 32.1 Å². The number of hydrogen-bond donors (Lipinski definition) is 2. The van der Waals surface area contributed by atoms with E-state index in [2.05, 4.69) is 15.6 Å². The maximum Gasteiger partial charge on any atom is 0.215 e. The van der Waals surface area contributed by atoms with Gasteiger partial charge in [-0.2, -0.15) is 11.8 Å². The van der Waals surface area contributed by atoms with E-state index in [9.17, 15) is 8.42 Å². The lowest BCUT2D eigenvalue weighted by Crippen LogP contribution is -2.44. The van der Waals surface area contributed by atoms with Crippen molar-refractivity contribution in [3.8, 4) is 0 Å². The summed E-state index contributed by atoms with van der Waals surface area (Å²) in [7, 11) is -1.54. The SMILES string of the molecule is CN=C(NCCS(=O)(=O)N1CCSCC1)NCc1ccco1. The smallest absolute Gasteiger partial charge is 0.215 e. The summed E-state index contributed by atoms with van der Waals surface area (Å²) in [6.07, 6.45) is 1.61. The van der Waals surface area contributed by atoms with Crippen molar-refractivity contribution in [2.24, 2.45) is 4.99 Å². The Morgan fingerprint density at radius 1 is 1.41 bits per heavy atom. The fourth-order valence-electron chi connectivity index (χ4n) is 2.06. The average Bonchev–Trinajstić information content (AvgIpc) is 3.05. The Labute approximate surface area is 135 Å².